The molecular formula is C17H24BrNO4. The Morgan fingerprint density at radius 3 is 2.39 bits per heavy atom. The van der Waals surface area contributed by atoms with Crippen LogP contribution in [0.4, 0.5) is 4.79 Å². The Labute approximate surface area is 145 Å². The molecule has 6 heteroatoms. The van der Waals surface area contributed by atoms with E-state index in [9.17, 15) is 14.7 Å². The predicted molar refractivity (Wildman–Crippen MR) is 93.8 cm³/mol. The number of ether oxygens (including phenoxy) is 1. The van der Waals surface area contributed by atoms with Crippen LogP contribution in [0.5, 0.6) is 5.75 Å². The number of carbonyl (C=O) groups excluding carboxylic acids is 1. The lowest BCUT2D eigenvalue weighted by Gasteiger charge is -2.38. The van der Waals surface area contributed by atoms with Gasteiger partial charge in [-0.25, -0.2) is 4.79 Å². The number of benzene rings is 1. The Bertz CT molecular complexity index is 580. The molecule has 0 aliphatic rings. The molecule has 0 aliphatic carbocycles. The summed E-state index contributed by atoms with van der Waals surface area (Å²) in [5, 5.41) is 9.80. The first-order chi connectivity index (χ1) is 10.6. The molecule has 0 saturated carbocycles. The highest BCUT2D eigenvalue weighted by atomic mass is 79.9. The fraction of sp³-hybridized carbons (Fsp3) is 0.529. The summed E-state index contributed by atoms with van der Waals surface area (Å²) in [6.45, 7) is 9.66. The summed E-state index contributed by atoms with van der Waals surface area (Å²) in [6.07, 6.45) is -0.993. The summed E-state index contributed by atoms with van der Waals surface area (Å²) >= 11 is 3.15. The number of amides is 1. The Balaban J connectivity index is 3.34. The fourth-order valence-corrected chi connectivity index (χ4v) is 2.91. The first kappa shape index (κ1) is 19.5. The van der Waals surface area contributed by atoms with Crippen molar-refractivity contribution < 1.29 is 19.4 Å². The van der Waals surface area contributed by atoms with Gasteiger partial charge in [-0.15, -0.1) is 0 Å². The van der Waals surface area contributed by atoms with Crippen LogP contribution in [0.3, 0.4) is 0 Å². The van der Waals surface area contributed by atoms with Gasteiger partial charge in [-0.1, -0.05) is 28.1 Å². The highest BCUT2D eigenvalue weighted by Gasteiger charge is 2.33. The quantitative estimate of drug-likeness (QED) is 0.577. The van der Waals surface area contributed by atoms with Gasteiger partial charge in [0.1, 0.15) is 5.75 Å². The van der Waals surface area contributed by atoms with E-state index in [1.54, 1.807) is 18.2 Å². The minimum Gasteiger partial charge on any atom is -0.493 e. The predicted octanol–water partition coefficient (Wildman–Crippen LogP) is 4.50. The lowest BCUT2D eigenvalue weighted by Crippen LogP contribution is -2.46. The molecule has 23 heavy (non-hydrogen) atoms. The van der Waals surface area contributed by atoms with E-state index in [2.05, 4.69) is 15.9 Å². The summed E-state index contributed by atoms with van der Waals surface area (Å²) < 4.78 is 5.65. The maximum Gasteiger partial charge on any atom is 0.408 e. The topological polar surface area (TPSA) is 66.8 Å². The van der Waals surface area contributed by atoms with Gasteiger partial charge >= 0.3 is 6.09 Å². The van der Waals surface area contributed by atoms with E-state index < -0.39 is 17.7 Å². The zero-order valence-corrected chi connectivity index (χ0v) is 15.8. The summed E-state index contributed by atoms with van der Waals surface area (Å²) in [4.78, 5) is 24.9. The summed E-state index contributed by atoms with van der Waals surface area (Å²) in [6, 6.07) is 4.76. The Hall–Kier alpha value is -1.56. The molecule has 0 aliphatic heterocycles. The van der Waals surface area contributed by atoms with E-state index in [0.29, 0.717) is 17.9 Å². The van der Waals surface area contributed by atoms with Gasteiger partial charge in [-0.3, -0.25) is 9.69 Å². The Morgan fingerprint density at radius 1 is 1.35 bits per heavy atom. The van der Waals surface area contributed by atoms with E-state index in [0.717, 1.165) is 5.56 Å². The molecule has 1 amide bonds. The number of hydrogen-bond acceptors (Lipinski definition) is 3. The molecule has 1 rings (SSSR count). The number of rotatable bonds is 6. The molecule has 1 aromatic carbocycles. The number of halogens is 1. The summed E-state index contributed by atoms with van der Waals surface area (Å²) in [5.74, 6) is 0.498. The van der Waals surface area contributed by atoms with Gasteiger partial charge < -0.3 is 9.84 Å². The lowest BCUT2D eigenvalue weighted by molar-refractivity contribution is 0.0743. The largest absolute Gasteiger partial charge is 0.493 e. The molecule has 0 bridgehead atoms. The smallest absolute Gasteiger partial charge is 0.408 e. The van der Waals surface area contributed by atoms with Crippen molar-refractivity contribution in [3.05, 3.63) is 29.3 Å². The number of ketones is 1. The normalized spacial score (nSPS) is 12.6. The maximum absolute atomic E-state index is 11.8. The molecule has 0 saturated heterocycles. The molecule has 0 radical (unpaired) electrons. The second-order valence-corrected chi connectivity index (χ2v) is 6.80. The summed E-state index contributed by atoms with van der Waals surface area (Å²) in [7, 11) is 0. The zero-order chi connectivity index (χ0) is 17.8. The monoisotopic (exact) mass is 385 g/mol. The average molecular weight is 386 g/mol. The maximum atomic E-state index is 11.8. The Kier molecular flexibility index (Phi) is 6.62. The molecule has 0 spiro atoms. The fourth-order valence-electron chi connectivity index (χ4n) is 2.58. The average Bonchev–Trinajstić information content (AvgIpc) is 2.44. The SMILES string of the molecule is CCOc1cc(C(=O)CBr)ccc1C(C)N(C(=O)O)C(C)(C)C. The van der Waals surface area contributed by atoms with Crippen LogP contribution in [0.2, 0.25) is 0 Å². The van der Waals surface area contributed by atoms with E-state index in [1.165, 1.54) is 4.90 Å². The third-order valence-corrected chi connectivity index (χ3v) is 4.03. The van der Waals surface area contributed by atoms with Crippen LogP contribution in [0.1, 0.15) is 56.6 Å². The van der Waals surface area contributed by atoms with Crippen LogP contribution < -0.4 is 4.74 Å². The minimum absolute atomic E-state index is 0.0453. The number of nitrogens with zero attached hydrogens (tertiary/aromatic N) is 1. The van der Waals surface area contributed by atoms with Crippen LogP contribution in [-0.4, -0.2) is 39.4 Å². The van der Waals surface area contributed by atoms with Crippen molar-refractivity contribution in [3.63, 3.8) is 0 Å². The van der Waals surface area contributed by atoms with Crippen LogP contribution in [0.25, 0.3) is 0 Å². The van der Waals surface area contributed by atoms with Crippen LogP contribution in [-0.2, 0) is 0 Å². The number of carboxylic acid groups (broad SMARTS) is 1. The number of hydrogen-bond donors (Lipinski definition) is 1. The van der Waals surface area contributed by atoms with Crippen molar-refractivity contribution >= 4 is 27.8 Å². The summed E-state index contributed by atoms with van der Waals surface area (Å²) in [5.41, 5.74) is 0.730. The van der Waals surface area contributed by atoms with Crippen LogP contribution in [0.15, 0.2) is 18.2 Å². The Morgan fingerprint density at radius 2 is 1.96 bits per heavy atom. The van der Waals surface area contributed by atoms with Gasteiger partial charge in [-0.05, 0) is 40.7 Å². The van der Waals surface area contributed by atoms with Crippen LogP contribution in [0, 0.1) is 0 Å². The molecule has 1 N–H and O–H groups in total. The van der Waals surface area contributed by atoms with Gasteiger partial charge in [0.2, 0.25) is 0 Å². The van der Waals surface area contributed by atoms with Crippen molar-refractivity contribution in [2.75, 3.05) is 11.9 Å². The van der Waals surface area contributed by atoms with Gasteiger partial charge in [0.05, 0.1) is 18.0 Å². The lowest BCUT2D eigenvalue weighted by atomic mass is 9.97. The van der Waals surface area contributed by atoms with E-state index in [4.69, 9.17) is 4.74 Å². The standard InChI is InChI=1S/C17H24BrNO4/c1-6-23-15-9-12(14(20)10-18)7-8-13(15)11(2)19(16(21)22)17(3,4)5/h7-9,11H,6,10H2,1-5H3,(H,21,22). The second kappa shape index (κ2) is 7.81. The molecule has 1 atom stereocenters. The highest BCUT2D eigenvalue weighted by Crippen LogP contribution is 2.34. The van der Waals surface area contributed by atoms with Crippen molar-refractivity contribution in [2.45, 2.75) is 46.2 Å². The van der Waals surface area contributed by atoms with E-state index in [1.807, 2.05) is 34.6 Å². The van der Waals surface area contributed by atoms with E-state index in [-0.39, 0.29) is 11.1 Å². The van der Waals surface area contributed by atoms with Gasteiger partial charge in [0.25, 0.3) is 0 Å². The number of alkyl halides is 1. The number of carbonyl (C=O) groups is 2. The zero-order valence-electron chi connectivity index (χ0n) is 14.2. The van der Waals surface area contributed by atoms with Crippen molar-refractivity contribution in [3.8, 4) is 5.75 Å². The highest BCUT2D eigenvalue weighted by molar-refractivity contribution is 9.09. The van der Waals surface area contributed by atoms with Crippen molar-refractivity contribution in [1.29, 1.82) is 0 Å². The van der Waals surface area contributed by atoms with Gasteiger partial charge in [-0.2, -0.15) is 0 Å². The molecule has 1 unspecified atom stereocenters. The molecule has 0 heterocycles. The third-order valence-electron chi connectivity index (χ3n) is 3.52. The third kappa shape index (κ3) is 4.70. The molecule has 0 fully saturated rings. The van der Waals surface area contributed by atoms with Crippen molar-refractivity contribution in [1.82, 2.24) is 4.90 Å². The molecular weight excluding hydrogens is 362 g/mol. The van der Waals surface area contributed by atoms with Gasteiger partial charge in [0.15, 0.2) is 5.78 Å². The molecule has 5 nitrogen and oxygen atoms in total. The van der Waals surface area contributed by atoms with Crippen LogP contribution >= 0.6 is 15.9 Å². The first-order valence-electron chi connectivity index (χ1n) is 7.51. The number of Topliss-reactive ketones (excluding diaryl/α,β-unsaturated/α-hetero) is 1. The van der Waals surface area contributed by atoms with Crippen molar-refractivity contribution in [2.24, 2.45) is 0 Å². The molecule has 128 valence electrons. The molecule has 0 aromatic heterocycles. The van der Waals surface area contributed by atoms with E-state index >= 15 is 0 Å². The minimum atomic E-state index is -0.993. The molecule has 1 aromatic rings. The second-order valence-electron chi connectivity index (χ2n) is 6.24. The first-order valence-corrected chi connectivity index (χ1v) is 8.63. The van der Waals surface area contributed by atoms with Gasteiger partial charge in [0, 0.05) is 16.7 Å².